The number of hydrogen-bond acceptors (Lipinski definition) is 4. The number of hydrogen-bond donors (Lipinski definition) is 3. The van der Waals surface area contributed by atoms with Crippen molar-refractivity contribution in [3.8, 4) is 0 Å². The van der Waals surface area contributed by atoms with Gasteiger partial charge in [-0.15, -0.1) is 0 Å². The molecule has 1 unspecified atom stereocenters. The van der Waals surface area contributed by atoms with Gasteiger partial charge in [0.05, 0.1) is 12.2 Å². The molecule has 0 aromatic rings. The Morgan fingerprint density at radius 1 is 1.47 bits per heavy atom. The zero-order valence-corrected chi connectivity index (χ0v) is 10.9. The maximum absolute atomic E-state index is 11.3. The van der Waals surface area contributed by atoms with Gasteiger partial charge in [-0.3, -0.25) is 9.59 Å². The topological polar surface area (TPSA) is 87.7 Å². The van der Waals surface area contributed by atoms with Gasteiger partial charge in [0.2, 0.25) is 5.91 Å². The van der Waals surface area contributed by atoms with E-state index in [9.17, 15) is 4.79 Å². The highest BCUT2D eigenvalue weighted by molar-refractivity contribution is 5.82. The van der Waals surface area contributed by atoms with Gasteiger partial charge < -0.3 is 20.5 Å². The molecule has 0 aliphatic carbocycles. The van der Waals surface area contributed by atoms with Crippen molar-refractivity contribution in [2.24, 2.45) is 0 Å². The molecule has 100 valence electrons. The number of amides is 1. The summed E-state index contributed by atoms with van der Waals surface area (Å²) in [5, 5.41) is 13.3. The van der Waals surface area contributed by atoms with Gasteiger partial charge >= 0.3 is 0 Å². The van der Waals surface area contributed by atoms with Crippen molar-refractivity contribution in [2.45, 2.75) is 39.3 Å². The van der Waals surface area contributed by atoms with Crippen molar-refractivity contribution in [3.63, 3.8) is 0 Å². The van der Waals surface area contributed by atoms with E-state index in [2.05, 4.69) is 10.6 Å². The summed E-state index contributed by atoms with van der Waals surface area (Å²) in [6.07, 6.45) is 0. The second-order valence-electron chi connectivity index (χ2n) is 4.74. The summed E-state index contributed by atoms with van der Waals surface area (Å²) in [7, 11) is 0. The number of aliphatic carboxylic acids is 1. The monoisotopic (exact) mass is 246 g/mol. The molecule has 0 spiro atoms. The zero-order chi connectivity index (χ0) is 13.5. The number of piperazine rings is 1. The normalized spacial score (nSPS) is 20.0. The Labute approximate surface area is 102 Å². The van der Waals surface area contributed by atoms with Crippen LogP contribution in [0.2, 0.25) is 0 Å². The molecule has 1 fully saturated rings. The second-order valence-corrected chi connectivity index (χ2v) is 4.74. The van der Waals surface area contributed by atoms with E-state index >= 15 is 0 Å². The fourth-order valence-corrected chi connectivity index (χ4v) is 1.12. The maximum atomic E-state index is 11.3. The lowest BCUT2D eigenvalue weighted by molar-refractivity contribution is -0.134. The minimum Gasteiger partial charge on any atom is -0.481 e. The number of carboxylic acids is 1. The van der Waals surface area contributed by atoms with Crippen molar-refractivity contribution in [2.75, 3.05) is 19.7 Å². The quantitative estimate of drug-likeness (QED) is 0.637. The van der Waals surface area contributed by atoms with Crippen molar-refractivity contribution in [1.82, 2.24) is 10.6 Å². The Hall–Kier alpha value is -1.14. The van der Waals surface area contributed by atoms with Gasteiger partial charge in [0.1, 0.15) is 6.04 Å². The molecule has 0 aromatic heterocycles. The average molecular weight is 246 g/mol. The molecule has 1 rings (SSSR count). The van der Waals surface area contributed by atoms with Gasteiger partial charge in [0, 0.05) is 20.0 Å². The van der Waals surface area contributed by atoms with Crippen LogP contribution in [0, 0.1) is 0 Å². The molecular formula is C11H22N2O4. The lowest BCUT2D eigenvalue weighted by atomic mass is 10.2. The van der Waals surface area contributed by atoms with Crippen LogP contribution in [0.15, 0.2) is 0 Å². The van der Waals surface area contributed by atoms with Gasteiger partial charge in [-0.1, -0.05) is 0 Å². The Kier molecular flexibility index (Phi) is 6.75. The molecule has 1 aliphatic rings. The standard InChI is InChI=1S/C9H18N2O2.C2H4O2/c1-9(2,3)13-6-7-8(12)11-5-4-10-7;1-2(3)4/h7,10H,4-6H2,1-3H3,(H,11,12);1H3,(H,3,4). The summed E-state index contributed by atoms with van der Waals surface area (Å²) in [5.41, 5.74) is -0.181. The predicted octanol–water partition coefficient (Wildman–Crippen LogP) is -0.0196. The highest BCUT2D eigenvalue weighted by atomic mass is 16.5. The number of carbonyl (C=O) groups is 2. The molecule has 17 heavy (non-hydrogen) atoms. The van der Waals surface area contributed by atoms with Crippen LogP contribution in [0.1, 0.15) is 27.7 Å². The van der Waals surface area contributed by atoms with E-state index in [0.717, 1.165) is 13.5 Å². The van der Waals surface area contributed by atoms with Crippen LogP contribution in [0.25, 0.3) is 0 Å². The molecule has 0 saturated carbocycles. The molecule has 0 bridgehead atoms. The molecule has 1 saturated heterocycles. The molecule has 0 aromatic carbocycles. The fourth-order valence-electron chi connectivity index (χ4n) is 1.12. The number of ether oxygens (including phenoxy) is 1. The molecule has 1 atom stereocenters. The van der Waals surface area contributed by atoms with E-state index in [1.807, 2.05) is 20.8 Å². The first-order chi connectivity index (χ1) is 7.72. The molecule has 1 aliphatic heterocycles. The van der Waals surface area contributed by atoms with E-state index in [4.69, 9.17) is 14.6 Å². The Morgan fingerprint density at radius 3 is 2.41 bits per heavy atom. The van der Waals surface area contributed by atoms with Crippen molar-refractivity contribution in [3.05, 3.63) is 0 Å². The van der Waals surface area contributed by atoms with Crippen LogP contribution in [0.4, 0.5) is 0 Å². The summed E-state index contributed by atoms with van der Waals surface area (Å²) in [4.78, 5) is 20.3. The largest absolute Gasteiger partial charge is 0.481 e. The van der Waals surface area contributed by atoms with E-state index in [0.29, 0.717) is 13.2 Å². The Bertz CT molecular complexity index is 257. The number of rotatable bonds is 2. The fraction of sp³-hybridized carbons (Fsp3) is 0.818. The van der Waals surface area contributed by atoms with Crippen molar-refractivity contribution < 1.29 is 19.4 Å². The molecule has 0 radical (unpaired) electrons. The lowest BCUT2D eigenvalue weighted by Crippen LogP contribution is -2.55. The van der Waals surface area contributed by atoms with Crippen LogP contribution in [0.3, 0.4) is 0 Å². The van der Waals surface area contributed by atoms with Gasteiger partial charge in [-0.25, -0.2) is 0 Å². The van der Waals surface area contributed by atoms with Gasteiger partial charge in [-0.05, 0) is 20.8 Å². The molecule has 1 heterocycles. The summed E-state index contributed by atoms with van der Waals surface area (Å²) >= 11 is 0. The zero-order valence-electron chi connectivity index (χ0n) is 10.9. The van der Waals surface area contributed by atoms with Crippen molar-refractivity contribution in [1.29, 1.82) is 0 Å². The van der Waals surface area contributed by atoms with E-state index in [1.165, 1.54) is 0 Å². The summed E-state index contributed by atoms with van der Waals surface area (Å²) in [5.74, 6) is -0.796. The first kappa shape index (κ1) is 15.9. The lowest BCUT2D eigenvalue weighted by Gasteiger charge is -2.27. The molecule has 6 heteroatoms. The number of nitrogens with one attached hydrogen (secondary N) is 2. The highest BCUT2D eigenvalue weighted by Crippen LogP contribution is 2.07. The highest BCUT2D eigenvalue weighted by Gasteiger charge is 2.23. The Morgan fingerprint density at radius 2 is 2.00 bits per heavy atom. The van der Waals surface area contributed by atoms with Gasteiger partial charge in [-0.2, -0.15) is 0 Å². The van der Waals surface area contributed by atoms with Crippen LogP contribution >= 0.6 is 0 Å². The first-order valence-electron chi connectivity index (χ1n) is 5.57. The molecule has 6 nitrogen and oxygen atoms in total. The van der Waals surface area contributed by atoms with E-state index < -0.39 is 5.97 Å². The third-order valence-corrected chi connectivity index (χ3v) is 1.81. The average Bonchev–Trinajstić information content (AvgIpc) is 2.14. The SMILES string of the molecule is CC(=O)O.CC(C)(C)OCC1NCCNC1=O. The van der Waals surface area contributed by atoms with Gasteiger partial charge in [0.15, 0.2) is 0 Å². The predicted molar refractivity (Wildman–Crippen MR) is 63.8 cm³/mol. The minimum atomic E-state index is -0.833. The van der Waals surface area contributed by atoms with E-state index in [1.54, 1.807) is 0 Å². The summed E-state index contributed by atoms with van der Waals surface area (Å²) in [6.45, 7) is 9.00. The second kappa shape index (κ2) is 7.24. The van der Waals surface area contributed by atoms with Crippen LogP contribution in [0.5, 0.6) is 0 Å². The van der Waals surface area contributed by atoms with Crippen molar-refractivity contribution >= 4 is 11.9 Å². The summed E-state index contributed by atoms with van der Waals surface area (Å²) in [6, 6.07) is -0.187. The number of carbonyl (C=O) groups excluding carboxylic acids is 1. The minimum absolute atomic E-state index is 0.0375. The van der Waals surface area contributed by atoms with Crippen LogP contribution < -0.4 is 10.6 Å². The molecule has 3 N–H and O–H groups in total. The van der Waals surface area contributed by atoms with Gasteiger partial charge in [0.25, 0.3) is 5.97 Å². The maximum Gasteiger partial charge on any atom is 0.300 e. The van der Waals surface area contributed by atoms with Crippen LogP contribution in [-0.4, -0.2) is 48.3 Å². The van der Waals surface area contributed by atoms with E-state index in [-0.39, 0.29) is 17.6 Å². The third kappa shape index (κ3) is 9.77. The first-order valence-corrected chi connectivity index (χ1v) is 5.57. The third-order valence-electron chi connectivity index (χ3n) is 1.81. The Balaban J connectivity index is 0.000000557. The smallest absolute Gasteiger partial charge is 0.300 e. The summed E-state index contributed by atoms with van der Waals surface area (Å²) < 4.78 is 5.52. The molecular weight excluding hydrogens is 224 g/mol. The number of carboxylic acid groups (broad SMARTS) is 1. The van der Waals surface area contributed by atoms with Crippen LogP contribution in [-0.2, 0) is 14.3 Å². The molecule has 1 amide bonds.